The summed E-state index contributed by atoms with van der Waals surface area (Å²) in [4.78, 5) is 1.50. The monoisotopic (exact) mass is 249 g/mol. The van der Waals surface area contributed by atoms with E-state index in [1.165, 1.54) is 47.3 Å². The van der Waals surface area contributed by atoms with Crippen molar-refractivity contribution in [2.45, 2.75) is 62.6 Å². The van der Waals surface area contributed by atoms with Crippen molar-refractivity contribution in [3.05, 3.63) is 28.8 Å². The van der Waals surface area contributed by atoms with E-state index in [-0.39, 0.29) is 0 Å². The van der Waals surface area contributed by atoms with Gasteiger partial charge in [0.15, 0.2) is 0 Å². The van der Waals surface area contributed by atoms with Crippen LogP contribution in [0, 0.1) is 20.8 Å². The second-order valence-electron chi connectivity index (χ2n) is 5.38. The molecule has 94 valence electrons. The van der Waals surface area contributed by atoms with Gasteiger partial charge in [0.1, 0.15) is 0 Å². The van der Waals surface area contributed by atoms with E-state index >= 15 is 0 Å². The van der Waals surface area contributed by atoms with Gasteiger partial charge < -0.3 is 5.73 Å². The van der Waals surface area contributed by atoms with E-state index < -0.39 is 0 Å². The summed E-state index contributed by atoms with van der Waals surface area (Å²) in [6.07, 6.45) is 4.94. The van der Waals surface area contributed by atoms with Crippen molar-refractivity contribution in [2.75, 3.05) is 0 Å². The lowest BCUT2D eigenvalue weighted by atomic mass is 9.96. The highest BCUT2D eigenvalue weighted by Crippen LogP contribution is 2.37. The van der Waals surface area contributed by atoms with Gasteiger partial charge in [-0.25, -0.2) is 0 Å². The Balaban J connectivity index is 2.08. The van der Waals surface area contributed by atoms with Crippen LogP contribution in [-0.4, -0.2) is 11.3 Å². The molecule has 0 aromatic heterocycles. The second-order valence-corrected chi connectivity index (χ2v) is 6.69. The van der Waals surface area contributed by atoms with Crippen molar-refractivity contribution in [3.63, 3.8) is 0 Å². The lowest BCUT2D eigenvalue weighted by Gasteiger charge is -2.26. The van der Waals surface area contributed by atoms with E-state index in [0.29, 0.717) is 6.04 Å². The fraction of sp³-hybridized carbons (Fsp3) is 0.600. The number of nitrogens with two attached hydrogens (primary N) is 1. The van der Waals surface area contributed by atoms with Crippen LogP contribution in [0.2, 0.25) is 0 Å². The molecule has 2 heteroatoms. The van der Waals surface area contributed by atoms with Crippen LogP contribution in [0.3, 0.4) is 0 Å². The molecule has 0 heterocycles. The number of aryl methyl sites for hydroxylation is 3. The summed E-state index contributed by atoms with van der Waals surface area (Å²) in [5.74, 6) is 0. The number of hydrogen-bond donors (Lipinski definition) is 1. The molecule has 1 aromatic rings. The SMILES string of the molecule is Cc1cc(C)c(SC2CCC(N)CC2)c(C)c1. The maximum Gasteiger partial charge on any atom is 0.0133 e. The molecule has 0 unspecified atom stereocenters. The minimum absolute atomic E-state index is 0.451. The summed E-state index contributed by atoms with van der Waals surface area (Å²) in [5.41, 5.74) is 10.2. The molecule has 2 rings (SSSR count). The van der Waals surface area contributed by atoms with Gasteiger partial charge in [0.25, 0.3) is 0 Å². The molecule has 0 spiro atoms. The first-order valence-electron chi connectivity index (χ1n) is 6.56. The minimum Gasteiger partial charge on any atom is -0.328 e. The van der Waals surface area contributed by atoms with Crippen LogP contribution in [-0.2, 0) is 0 Å². The Hall–Kier alpha value is -0.470. The first-order chi connectivity index (χ1) is 8.06. The molecule has 1 aromatic carbocycles. The van der Waals surface area contributed by atoms with Crippen molar-refractivity contribution in [3.8, 4) is 0 Å². The zero-order chi connectivity index (χ0) is 12.4. The summed E-state index contributed by atoms with van der Waals surface area (Å²) in [6, 6.07) is 5.04. The molecule has 2 N–H and O–H groups in total. The molecule has 1 aliphatic carbocycles. The van der Waals surface area contributed by atoms with Crippen LogP contribution < -0.4 is 5.73 Å². The summed E-state index contributed by atoms with van der Waals surface area (Å²) in [7, 11) is 0. The average molecular weight is 249 g/mol. The molecule has 0 radical (unpaired) electrons. The molecule has 1 nitrogen and oxygen atoms in total. The zero-order valence-corrected chi connectivity index (χ0v) is 11.9. The predicted octanol–water partition coefficient (Wildman–Crippen LogP) is 3.97. The van der Waals surface area contributed by atoms with Crippen LogP contribution in [0.1, 0.15) is 42.4 Å². The summed E-state index contributed by atoms with van der Waals surface area (Å²) in [5, 5.41) is 0.773. The summed E-state index contributed by atoms with van der Waals surface area (Å²) < 4.78 is 0. The number of benzene rings is 1. The molecule has 0 atom stereocenters. The average Bonchev–Trinajstić information content (AvgIpc) is 2.26. The van der Waals surface area contributed by atoms with Gasteiger partial charge in [-0.15, -0.1) is 11.8 Å². The third-order valence-corrected chi connectivity index (χ3v) is 5.29. The zero-order valence-electron chi connectivity index (χ0n) is 11.1. The van der Waals surface area contributed by atoms with E-state index in [4.69, 9.17) is 5.73 Å². The summed E-state index contributed by atoms with van der Waals surface area (Å²) >= 11 is 2.07. The van der Waals surface area contributed by atoms with Crippen LogP contribution in [0.4, 0.5) is 0 Å². The van der Waals surface area contributed by atoms with E-state index in [2.05, 4.69) is 44.7 Å². The Morgan fingerprint density at radius 3 is 2.06 bits per heavy atom. The second kappa shape index (κ2) is 5.45. The van der Waals surface area contributed by atoms with Crippen LogP contribution >= 0.6 is 11.8 Å². The third-order valence-electron chi connectivity index (χ3n) is 3.61. The highest BCUT2D eigenvalue weighted by molar-refractivity contribution is 8.00. The third kappa shape index (κ3) is 3.26. The molecule has 0 bridgehead atoms. The van der Waals surface area contributed by atoms with Gasteiger partial charge >= 0.3 is 0 Å². The number of hydrogen-bond acceptors (Lipinski definition) is 2. The Bertz CT molecular complexity index is 369. The van der Waals surface area contributed by atoms with E-state index in [0.717, 1.165) is 5.25 Å². The largest absolute Gasteiger partial charge is 0.328 e. The highest BCUT2D eigenvalue weighted by atomic mass is 32.2. The lowest BCUT2D eigenvalue weighted by Crippen LogP contribution is -2.27. The molecular formula is C15H23NS. The topological polar surface area (TPSA) is 26.0 Å². The maximum atomic E-state index is 5.96. The Kier molecular flexibility index (Phi) is 4.16. The van der Waals surface area contributed by atoms with Crippen molar-refractivity contribution in [2.24, 2.45) is 5.73 Å². The molecular weight excluding hydrogens is 226 g/mol. The molecule has 1 fully saturated rings. The van der Waals surface area contributed by atoms with Crippen molar-refractivity contribution in [1.82, 2.24) is 0 Å². The number of rotatable bonds is 2. The van der Waals surface area contributed by atoms with Gasteiger partial charge in [-0.3, -0.25) is 0 Å². The Morgan fingerprint density at radius 2 is 1.53 bits per heavy atom. The smallest absolute Gasteiger partial charge is 0.0133 e. The molecule has 1 saturated carbocycles. The lowest BCUT2D eigenvalue weighted by molar-refractivity contribution is 0.450. The Morgan fingerprint density at radius 1 is 1.00 bits per heavy atom. The standard InChI is InChI=1S/C15H23NS/c1-10-8-11(2)15(12(3)9-10)17-14-6-4-13(16)5-7-14/h8-9,13-14H,4-7,16H2,1-3H3. The predicted molar refractivity (Wildman–Crippen MR) is 76.7 cm³/mol. The molecule has 1 aliphatic rings. The van der Waals surface area contributed by atoms with Gasteiger partial charge in [0, 0.05) is 16.2 Å². The van der Waals surface area contributed by atoms with Crippen molar-refractivity contribution < 1.29 is 0 Å². The fourth-order valence-corrected chi connectivity index (χ4v) is 4.06. The first-order valence-corrected chi connectivity index (χ1v) is 7.44. The molecule has 0 aliphatic heterocycles. The van der Waals surface area contributed by atoms with Gasteiger partial charge in [-0.2, -0.15) is 0 Å². The molecule has 17 heavy (non-hydrogen) atoms. The van der Waals surface area contributed by atoms with Gasteiger partial charge in [0.05, 0.1) is 0 Å². The first kappa shape index (κ1) is 13.0. The minimum atomic E-state index is 0.451. The van der Waals surface area contributed by atoms with E-state index in [1.807, 2.05) is 0 Å². The van der Waals surface area contributed by atoms with Gasteiger partial charge in [0.2, 0.25) is 0 Å². The highest BCUT2D eigenvalue weighted by Gasteiger charge is 2.20. The van der Waals surface area contributed by atoms with Crippen molar-refractivity contribution in [1.29, 1.82) is 0 Å². The molecule has 0 saturated heterocycles. The van der Waals surface area contributed by atoms with Crippen LogP contribution in [0.25, 0.3) is 0 Å². The van der Waals surface area contributed by atoms with Crippen molar-refractivity contribution >= 4 is 11.8 Å². The van der Waals surface area contributed by atoms with E-state index in [1.54, 1.807) is 0 Å². The normalized spacial score (nSPS) is 24.9. The quantitative estimate of drug-likeness (QED) is 0.858. The maximum absolute atomic E-state index is 5.96. The van der Waals surface area contributed by atoms with E-state index in [9.17, 15) is 0 Å². The van der Waals surface area contributed by atoms with Crippen LogP contribution in [0.5, 0.6) is 0 Å². The van der Waals surface area contributed by atoms with Crippen LogP contribution in [0.15, 0.2) is 17.0 Å². The Labute approximate surface area is 109 Å². The molecule has 0 amide bonds. The summed E-state index contributed by atoms with van der Waals surface area (Å²) in [6.45, 7) is 6.64. The fourth-order valence-electron chi connectivity index (χ4n) is 2.73. The number of thioether (sulfide) groups is 1. The van der Waals surface area contributed by atoms with Gasteiger partial charge in [-0.05, 0) is 57.6 Å². The van der Waals surface area contributed by atoms with Gasteiger partial charge in [-0.1, -0.05) is 17.7 Å².